The highest BCUT2D eigenvalue weighted by atomic mass is 35.5. The number of ether oxygens (including phenoxy) is 1. The van der Waals surface area contributed by atoms with Crippen molar-refractivity contribution in [1.82, 2.24) is 0 Å². The molecule has 0 aromatic heterocycles. The Hall–Kier alpha value is -0.240. The van der Waals surface area contributed by atoms with E-state index in [2.05, 4.69) is 6.92 Å². The summed E-state index contributed by atoms with van der Waals surface area (Å²) in [5.41, 5.74) is -0.647. The van der Waals surface area contributed by atoms with Crippen LogP contribution in [0, 0.1) is 5.92 Å². The summed E-state index contributed by atoms with van der Waals surface area (Å²) in [7, 11) is 0. The Morgan fingerprint density at radius 1 is 1.19 bits per heavy atom. The number of halogens is 1. The maximum atomic E-state index is 10.6. The fourth-order valence-corrected chi connectivity index (χ4v) is 2.66. The molecule has 0 amide bonds. The van der Waals surface area contributed by atoms with Gasteiger partial charge in [-0.15, -0.1) is 0 Å². The van der Waals surface area contributed by atoms with Gasteiger partial charge in [-0.25, -0.2) is 4.79 Å². The van der Waals surface area contributed by atoms with E-state index in [4.69, 9.17) is 16.3 Å². The third kappa shape index (κ3) is 5.74. The maximum absolute atomic E-state index is 10.6. The van der Waals surface area contributed by atoms with Gasteiger partial charge < -0.3 is 4.74 Å². The van der Waals surface area contributed by atoms with Crippen LogP contribution in [0.15, 0.2) is 0 Å². The standard InChI is InChI=1S/C13H23ClO2/c1-2-3-4-5-6-11-7-9-12(10-8-11)16-13(14)15/h11-12H,2-10H2,1H3. The Morgan fingerprint density at radius 2 is 1.88 bits per heavy atom. The molecular formula is C13H23ClO2. The molecule has 1 rings (SSSR count). The molecule has 0 saturated heterocycles. The van der Waals surface area contributed by atoms with Crippen LogP contribution in [0.25, 0.3) is 0 Å². The first-order valence-electron chi connectivity index (χ1n) is 6.58. The van der Waals surface area contributed by atoms with Crippen molar-refractivity contribution in [3.63, 3.8) is 0 Å². The summed E-state index contributed by atoms with van der Waals surface area (Å²) in [4.78, 5) is 10.6. The van der Waals surface area contributed by atoms with Crippen LogP contribution >= 0.6 is 11.6 Å². The second kappa shape index (κ2) is 7.94. The minimum Gasteiger partial charge on any atom is -0.450 e. The van der Waals surface area contributed by atoms with Gasteiger partial charge in [0.1, 0.15) is 6.10 Å². The first-order valence-corrected chi connectivity index (χ1v) is 6.96. The number of rotatable bonds is 6. The Morgan fingerprint density at radius 3 is 2.44 bits per heavy atom. The van der Waals surface area contributed by atoms with Gasteiger partial charge in [-0.1, -0.05) is 39.0 Å². The van der Waals surface area contributed by atoms with E-state index < -0.39 is 5.43 Å². The highest BCUT2D eigenvalue weighted by Crippen LogP contribution is 2.30. The van der Waals surface area contributed by atoms with Gasteiger partial charge in [-0.05, 0) is 31.6 Å². The first-order chi connectivity index (χ1) is 7.72. The summed E-state index contributed by atoms with van der Waals surface area (Å²) in [5.74, 6) is 0.849. The van der Waals surface area contributed by atoms with E-state index >= 15 is 0 Å². The van der Waals surface area contributed by atoms with Gasteiger partial charge in [-0.3, -0.25) is 0 Å². The summed E-state index contributed by atoms with van der Waals surface area (Å²) >= 11 is 5.20. The van der Waals surface area contributed by atoms with Crippen LogP contribution in [-0.2, 0) is 4.74 Å². The predicted octanol–water partition coefficient (Wildman–Crippen LogP) is 4.89. The molecular weight excluding hydrogens is 224 g/mol. The molecule has 1 aliphatic rings. The Labute approximate surface area is 104 Å². The lowest BCUT2D eigenvalue weighted by molar-refractivity contribution is 0.0805. The summed E-state index contributed by atoms with van der Waals surface area (Å²) < 4.78 is 5.01. The SMILES string of the molecule is CCCCCCC1CCC(OC(=O)Cl)CC1. The quantitative estimate of drug-likeness (QED) is 0.493. The first kappa shape index (κ1) is 13.8. The molecule has 3 heteroatoms. The fraction of sp³-hybridized carbons (Fsp3) is 0.923. The van der Waals surface area contributed by atoms with Crippen LogP contribution in [0.1, 0.15) is 64.7 Å². The highest BCUT2D eigenvalue weighted by Gasteiger charge is 2.22. The lowest BCUT2D eigenvalue weighted by Gasteiger charge is -2.27. The lowest BCUT2D eigenvalue weighted by Crippen LogP contribution is -2.22. The number of hydrogen-bond donors (Lipinski definition) is 0. The highest BCUT2D eigenvalue weighted by molar-refractivity contribution is 6.61. The molecule has 1 fully saturated rings. The van der Waals surface area contributed by atoms with Gasteiger partial charge in [0.05, 0.1) is 0 Å². The van der Waals surface area contributed by atoms with Crippen molar-refractivity contribution in [2.45, 2.75) is 70.8 Å². The summed E-state index contributed by atoms with van der Waals surface area (Å²) in [6.07, 6.45) is 11.2. The molecule has 0 spiro atoms. The molecule has 0 aromatic carbocycles. The van der Waals surface area contributed by atoms with E-state index in [1.807, 2.05) is 0 Å². The fourth-order valence-electron chi connectivity index (χ4n) is 2.53. The average Bonchev–Trinajstić information content (AvgIpc) is 2.26. The molecule has 1 saturated carbocycles. The van der Waals surface area contributed by atoms with Crippen molar-refractivity contribution in [3.05, 3.63) is 0 Å². The predicted molar refractivity (Wildman–Crippen MR) is 66.8 cm³/mol. The van der Waals surface area contributed by atoms with Gasteiger partial charge in [0.15, 0.2) is 0 Å². The van der Waals surface area contributed by atoms with E-state index in [0.717, 1.165) is 18.8 Å². The van der Waals surface area contributed by atoms with Crippen LogP contribution in [-0.4, -0.2) is 11.5 Å². The van der Waals surface area contributed by atoms with Crippen LogP contribution in [0.4, 0.5) is 4.79 Å². The summed E-state index contributed by atoms with van der Waals surface area (Å²) in [6.45, 7) is 2.24. The lowest BCUT2D eigenvalue weighted by atomic mass is 9.84. The van der Waals surface area contributed by atoms with Crippen molar-refractivity contribution in [2.24, 2.45) is 5.92 Å². The van der Waals surface area contributed by atoms with Crippen LogP contribution < -0.4 is 0 Å². The molecule has 0 radical (unpaired) electrons. The molecule has 1 aliphatic carbocycles. The molecule has 0 N–H and O–H groups in total. The summed E-state index contributed by atoms with van der Waals surface area (Å²) in [5, 5.41) is 0. The van der Waals surface area contributed by atoms with Crippen LogP contribution in [0.2, 0.25) is 0 Å². The molecule has 0 heterocycles. The van der Waals surface area contributed by atoms with Crippen molar-refractivity contribution in [3.8, 4) is 0 Å². The molecule has 2 nitrogen and oxygen atoms in total. The van der Waals surface area contributed by atoms with E-state index in [0.29, 0.717) is 0 Å². The topological polar surface area (TPSA) is 26.3 Å². The Balaban J connectivity index is 2.05. The second-order valence-corrected chi connectivity index (χ2v) is 5.16. The second-order valence-electron chi connectivity index (χ2n) is 4.85. The zero-order valence-electron chi connectivity index (χ0n) is 10.2. The molecule has 0 unspecified atom stereocenters. The Bertz CT molecular complexity index is 198. The van der Waals surface area contributed by atoms with E-state index in [-0.39, 0.29) is 6.10 Å². The number of carbonyl (C=O) groups excluding carboxylic acids is 1. The molecule has 0 aromatic rings. The van der Waals surface area contributed by atoms with Gasteiger partial charge >= 0.3 is 5.43 Å². The van der Waals surface area contributed by atoms with Crippen molar-refractivity contribution in [2.75, 3.05) is 0 Å². The van der Waals surface area contributed by atoms with E-state index in [1.54, 1.807) is 0 Å². The zero-order chi connectivity index (χ0) is 11.8. The third-order valence-corrected chi connectivity index (χ3v) is 3.61. The average molecular weight is 247 g/mol. The summed E-state index contributed by atoms with van der Waals surface area (Å²) in [6, 6.07) is 0. The number of hydrogen-bond acceptors (Lipinski definition) is 2. The smallest absolute Gasteiger partial charge is 0.404 e. The number of carbonyl (C=O) groups is 1. The maximum Gasteiger partial charge on any atom is 0.404 e. The normalized spacial score (nSPS) is 25.4. The molecule has 0 atom stereocenters. The Kier molecular flexibility index (Phi) is 6.86. The van der Waals surface area contributed by atoms with Gasteiger partial charge in [0.2, 0.25) is 0 Å². The van der Waals surface area contributed by atoms with Crippen LogP contribution in [0.3, 0.4) is 0 Å². The van der Waals surface area contributed by atoms with Crippen molar-refractivity contribution >= 4 is 17.0 Å². The van der Waals surface area contributed by atoms with E-state index in [1.165, 1.54) is 44.9 Å². The van der Waals surface area contributed by atoms with Crippen LogP contribution in [0.5, 0.6) is 0 Å². The zero-order valence-corrected chi connectivity index (χ0v) is 11.0. The van der Waals surface area contributed by atoms with Crippen molar-refractivity contribution in [1.29, 1.82) is 0 Å². The number of unbranched alkanes of at least 4 members (excludes halogenated alkanes) is 3. The molecule has 16 heavy (non-hydrogen) atoms. The van der Waals surface area contributed by atoms with Gasteiger partial charge in [0.25, 0.3) is 0 Å². The molecule has 94 valence electrons. The third-order valence-electron chi connectivity index (χ3n) is 3.52. The van der Waals surface area contributed by atoms with Gasteiger partial charge in [-0.2, -0.15) is 0 Å². The van der Waals surface area contributed by atoms with Gasteiger partial charge in [0, 0.05) is 11.6 Å². The minimum atomic E-state index is -0.647. The molecule has 0 bridgehead atoms. The van der Waals surface area contributed by atoms with Crippen molar-refractivity contribution < 1.29 is 9.53 Å². The van der Waals surface area contributed by atoms with E-state index in [9.17, 15) is 4.79 Å². The minimum absolute atomic E-state index is 0.0805. The monoisotopic (exact) mass is 246 g/mol. The molecule has 0 aliphatic heterocycles. The largest absolute Gasteiger partial charge is 0.450 e.